The van der Waals surface area contributed by atoms with Gasteiger partial charge in [-0.15, -0.1) is 0 Å². The molecule has 1 saturated heterocycles. The van der Waals surface area contributed by atoms with Gasteiger partial charge in [0.1, 0.15) is 4.60 Å². The molecule has 4 nitrogen and oxygen atoms in total. The van der Waals surface area contributed by atoms with E-state index in [9.17, 15) is 0 Å². The maximum absolute atomic E-state index is 4.69. The topological polar surface area (TPSA) is 33.4 Å². The number of rotatable bonds is 1. The molecule has 0 radical (unpaired) electrons. The Morgan fingerprint density at radius 2 is 2.00 bits per heavy atom. The minimum absolute atomic E-state index is 0.855. The first-order chi connectivity index (χ1) is 9.81. The summed E-state index contributed by atoms with van der Waals surface area (Å²) in [7, 11) is 0. The summed E-state index contributed by atoms with van der Waals surface area (Å²) in [5.41, 5.74) is 0.974. The Bertz CT molecular complexity index is 623. The van der Waals surface area contributed by atoms with Crippen molar-refractivity contribution in [1.82, 2.24) is 14.4 Å². The Morgan fingerprint density at radius 1 is 1.15 bits per heavy atom. The fourth-order valence-corrected chi connectivity index (χ4v) is 4.28. The van der Waals surface area contributed by atoms with Crippen LogP contribution in [0.15, 0.2) is 23.2 Å². The van der Waals surface area contributed by atoms with E-state index in [4.69, 9.17) is 4.98 Å². The summed E-state index contributed by atoms with van der Waals surface area (Å²) in [5, 5.41) is 0. The van der Waals surface area contributed by atoms with Gasteiger partial charge in [-0.25, -0.2) is 9.97 Å². The number of hydrogen-bond donors (Lipinski definition) is 0. The fraction of sp³-hybridized carbons (Fsp3) is 0.600. The predicted molar refractivity (Wildman–Crippen MR) is 83.0 cm³/mol. The second kappa shape index (κ2) is 5.02. The lowest BCUT2D eigenvalue weighted by atomic mass is 9.75. The van der Waals surface area contributed by atoms with Crippen LogP contribution in [-0.4, -0.2) is 27.5 Å². The Balaban J connectivity index is 1.67. The lowest BCUT2D eigenvalue weighted by molar-refractivity contribution is 0.202. The van der Waals surface area contributed by atoms with Gasteiger partial charge in [0.2, 0.25) is 0 Å². The Hall–Kier alpha value is -1.10. The average molecular weight is 335 g/mol. The molecule has 2 unspecified atom stereocenters. The fourth-order valence-electron chi connectivity index (χ4n) is 3.89. The molecule has 2 atom stereocenters. The number of piperidine rings is 1. The summed E-state index contributed by atoms with van der Waals surface area (Å²) in [6.07, 6.45) is 12.8. The van der Waals surface area contributed by atoms with E-state index in [1.165, 1.54) is 32.1 Å². The van der Waals surface area contributed by atoms with Gasteiger partial charge in [0.15, 0.2) is 11.5 Å². The maximum Gasteiger partial charge on any atom is 0.180 e. The van der Waals surface area contributed by atoms with Crippen molar-refractivity contribution in [3.8, 4) is 0 Å². The molecule has 1 saturated carbocycles. The van der Waals surface area contributed by atoms with Crippen LogP contribution in [0, 0.1) is 11.8 Å². The van der Waals surface area contributed by atoms with Crippen LogP contribution < -0.4 is 4.90 Å². The zero-order chi connectivity index (χ0) is 13.5. The SMILES string of the molecule is Brc1cn2ccnc2c(N2CCC3CCCCC3C2)n1. The summed E-state index contributed by atoms with van der Waals surface area (Å²) >= 11 is 3.52. The van der Waals surface area contributed by atoms with Crippen molar-refractivity contribution < 1.29 is 0 Å². The number of fused-ring (bicyclic) bond motifs is 2. The number of halogens is 1. The molecular weight excluding hydrogens is 316 g/mol. The number of hydrogen-bond acceptors (Lipinski definition) is 3. The highest BCUT2D eigenvalue weighted by Gasteiger charge is 2.32. The second-order valence-corrected chi connectivity index (χ2v) is 6.90. The number of imidazole rings is 1. The summed E-state index contributed by atoms with van der Waals surface area (Å²) in [4.78, 5) is 11.6. The molecule has 0 N–H and O–H groups in total. The van der Waals surface area contributed by atoms with Gasteiger partial charge in [-0.2, -0.15) is 0 Å². The largest absolute Gasteiger partial charge is 0.353 e. The molecule has 1 aliphatic heterocycles. The first kappa shape index (κ1) is 12.6. The normalized spacial score (nSPS) is 26.8. The number of aromatic nitrogens is 3. The zero-order valence-electron chi connectivity index (χ0n) is 11.5. The van der Waals surface area contributed by atoms with Gasteiger partial charge in [-0.1, -0.05) is 19.3 Å². The van der Waals surface area contributed by atoms with Gasteiger partial charge in [0.05, 0.1) is 0 Å². The molecule has 1 aliphatic carbocycles. The molecule has 5 heteroatoms. The molecule has 0 amide bonds. The van der Waals surface area contributed by atoms with Gasteiger partial charge in [0, 0.05) is 31.7 Å². The molecule has 2 fully saturated rings. The molecule has 2 aromatic rings. The first-order valence-electron chi connectivity index (χ1n) is 7.55. The third-order valence-electron chi connectivity index (χ3n) is 4.92. The molecule has 106 valence electrons. The van der Waals surface area contributed by atoms with E-state index in [0.717, 1.165) is 41.0 Å². The van der Waals surface area contributed by atoms with Crippen LogP contribution in [-0.2, 0) is 0 Å². The van der Waals surface area contributed by atoms with Crippen LogP contribution in [0.4, 0.5) is 5.82 Å². The summed E-state index contributed by atoms with van der Waals surface area (Å²) in [6, 6.07) is 0. The molecule has 0 aromatic carbocycles. The highest BCUT2D eigenvalue weighted by molar-refractivity contribution is 9.10. The van der Waals surface area contributed by atoms with Crippen molar-refractivity contribution in [3.63, 3.8) is 0 Å². The van der Waals surface area contributed by atoms with E-state index in [-0.39, 0.29) is 0 Å². The van der Waals surface area contributed by atoms with Crippen LogP contribution in [0.5, 0.6) is 0 Å². The minimum Gasteiger partial charge on any atom is -0.353 e. The van der Waals surface area contributed by atoms with Crippen molar-refractivity contribution in [2.24, 2.45) is 11.8 Å². The Labute approximate surface area is 127 Å². The summed E-state index contributed by atoms with van der Waals surface area (Å²) in [5.74, 6) is 2.84. The highest BCUT2D eigenvalue weighted by Crippen LogP contribution is 2.37. The molecular formula is C15H19BrN4. The standard InChI is InChI=1S/C15H19BrN4/c16-13-10-20-8-6-17-14(20)15(18-13)19-7-5-11-3-1-2-4-12(11)9-19/h6,8,10-12H,1-5,7,9H2. The van der Waals surface area contributed by atoms with Crippen molar-refractivity contribution in [1.29, 1.82) is 0 Å². The summed E-state index contributed by atoms with van der Waals surface area (Å²) in [6.45, 7) is 2.27. The lowest BCUT2D eigenvalue weighted by Gasteiger charge is -2.41. The van der Waals surface area contributed by atoms with Crippen molar-refractivity contribution in [2.75, 3.05) is 18.0 Å². The van der Waals surface area contributed by atoms with Crippen molar-refractivity contribution in [3.05, 3.63) is 23.2 Å². The van der Waals surface area contributed by atoms with Crippen molar-refractivity contribution in [2.45, 2.75) is 32.1 Å². The average Bonchev–Trinajstić information content (AvgIpc) is 2.94. The van der Waals surface area contributed by atoms with Crippen LogP contribution in [0.25, 0.3) is 5.65 Å². The van der Waals surface area contributed by atoms with E-state index in [2.05, 4.69) is 30.2 Å². The van der Waals surface area contributed by atoms with Crippen LogP contribution in [0.2, 0.25) is 0 Å². The molecule has 4 rings (SSSR count). The van der Waals surface area contributed by atoms with Crippen LogP contribution in [0.3, 0.4) is 0 Å². The third-order valence-corrected chi connectivity index (χ3v) is 5.30. The molecule has 2 aromatic heterocycles. The van der Waals surface area contributed by atoms with Gasteiger partial charge in [-0.3, -0.25) is 0 Å². The van der Waals surface area contributed by atoms with Gasteiger partial charge in [-0.05, 0) is 40.6 Å². The molecule has 2 aliphatic rings. The van der Waals surface area contributed by atoms with E-state index >= 15 is 0 Å². The predicted octanol–water partition coefficient (Wildman–Crippen LogP) is 3.51. The van der Waals surface area contributed by atoms with E-state index in [1.807, 2.05) is 18.6 Å². The zero-order valence-corrected chi connectivity index (χ0v) is 13.1. The number of nitrogens with zero attached hydrogens (tertiary/aromatic N) is 4. The maximum atomic E-state index is 4.69. The number of anilines is 1. The molecule has 0 bridgehead atoms. The van der Waals surface area contributed by atoms with E-state index in [1.54, 1.807) is 0 Å². The Morgan fingerprint density at radius 3 is 2.90 bits per heavy atom. The highest BCUT2D eigenvalue weighted by atomic mass is 79.9. The smallest absolute Gasteiger partial charge is 0.180 e. The monoisotopic (exact) mass is 334 g/mol. The Kier molecular flexibility index (Phi) is 3.17. The van der Waals surface area contributed by atoms with Gasteiger partial charge in [0.25, 0.3) is 0 Å². The third kappa shape index (κ3) is 2.12. The second-order valence-electron chi connectivity index (χ2n) is 6.08. The lowest BCUT2D eigenvalue weighted by Crippen LogP contribution is -2.42. The van der Waals surface area contributed by atoms with Crippen molar-refractivity contribution >= 4 is 27.4 Å². The van der Waals surface area contributed by atoms with Gasteiger partial charge >= 0.3 is 0 Å². The van der Waals surface area contributed by atoms with E-state index < -0.39 is 0 Å². The van der Waals surface area contributed by atoms with Crippen LogP contribution in [0.1, 0.15) is 32.1 Å². The molecule has 20 heavy (non-hydrogen) atoms. The van der Waals surface area contributed by atoms with E-state index in [0.29, 0.717) is 0 Å². The first-order valence-corrected chi connectivity index (χ1v) is 8.35. The minimum atomic E-state index is 0.855. The molecule has 0 spiro atoms. The van der Waals surface area contributed by atoms with Crippen LogP contribution >= 0.6 is 15.9 Å². The van der Waals surface area contributed by atoms with Gasteiger partial charge < -0.3 is 9.30 Å². The quantitative estimate of drug-likeness (QED) is 0.800. The molecule has 3 heterocycles. The summed E-state index contributed by atoms with van der Waals surface area (Å²) < 4.78 is 2.93.